The molecule has 0 aromatic carbocycles. The van der Waals surface area contributed by atoms with Crippen molar-refractivity contribution in [3.05, 3.63) is 17.8 Å². The molecular weight excluding hydrogens is 206 g/mol. The van der Waals surface area contributed by atoms with Crippen LogP contribution in [-0.4, -0.2) is 36.5 Å². The minimum atomic E-state index is 0.0600. The largest absolute Gasteiger partial charge is 0.397 e. The molecular formula is C11H19N3O2. The zero-order valence-corrected chi connectivity index (χ0v) is 9.73. The summed E-state index contributed by atoms with van der Waals surface area (Å²) in [5, 5.41) is 12.1. The first-order valence-corrected chi connectivity index (χ1v) is 5.25. The molecule has 0 saturated heterocycles. The number of hydrogen-bond acceptors (Lipinski definition) is 5. The van der Waals surface area contributed by atoms with Crippen LogP contribution in [0.5, 0.6) is 0 Å². The fourth-order valence-corrected chi connectivity index (χ4v) is 1.50. The molecule has 0 fully saturated rings. The van der Waals surface area contributed by atoms with Gasteiger partial charge in [0.1, 0.15) is 5.82 Å². The first-order chi connectivity index (χ1) is 7.67. The molecule has 5 heteroatoms. The van der Waals surface area contributed by atoms with Crippen LogP contribution >= 0.6 is 0 Å². The number of hydrogen-bond donors (Lipinski definition) is 3. The van der Waals surface area contributed by atoms with Gasteiger partial charge in [0.2, 0.25) is 0 Å². The van der Waals surface area contributed by atoms with Gasteiger partial charge < -0.3 is 20.9 Å². The van der Waals surface area contributed by atoms with E-state index >= 15 is 0 Å². The summed E-state index contributed by atoms with van der Waals surface area (Å²) >= 11 is 0. The van der Waals surface area contributed by atoms with E-state index in [9.17, 15) is 0 Å². The molecule has 1 aromatic rings. The van der Waals surface area contributed by atoms with E-state index in [1.165, 1.54) is 0 Å². The summed E-state index contributed by atoms with van der Waals surface area (Å²) < 4.78 is 5.07. The molecule has 1 atom stereocenters. The lowest BCUT2D eigenvalue weighted by Crippen LogP contribution is -2.27. The lowest BCUT2D eigenvalue weighted by molar-refractivity contribution is 0.170. The van der Waals surface area contributed by atoms with Crippen molar-refractivity contribution in [3.63, 3.8) is 0 Å². The minimum Gasteiger partial charge on any atom is -0.397 e. The quantitative estimate of drug-likeness (QED) is 0.666. The fraction of sp³-hybridized carbons (Fsp3) is 0.545. The number of aromatic nitrogens is 1. The van der Waals surface area contributed by atoms with Gasteiger partial charge in [-0.1, -0.05) is 0 Å². The predicted octanol–water partition coefficient (Wildman–Crippen LogP) is 0.782. The molecule has 1 rings (SSSR count). The zero-order chi connectivity index (χ0) is 12.0. The Hall–Kier alpha value is -1.33. The van der Waals surface area contributed by atoms with E-state index in [0.717, 1.165) is 11.4 Å². The maximum Gasteiger partial charge on any atom is 0.129 e. The van der Waals surface area contributed by atoms with Crippen LogP contribution in [0.2, 0.25) is 0 Å². The number of rotatable bonds is 6. The summed E-state index contributed by atoms with van der Waals surface area (Å²) in [7, 11) is 1.63. The van der Waals surface area contributed by atoms with Crippen LogP contribution < -0.4 is 11.1 Å². The van der Waals surface area contributed by atoms with Crippen molar-refractivity contribution in [3.8, 4) is 0 Å². The maximum atomic E-state index is 8.92. The van der Waals surface area contributed by atoms with Crippen LogP contribution in [0.25, 0.3) is 0 Å². The summed E-state index contributed by atoms with van der Waals surface area (Å²) in [6, 6.07) is 1.92. The van der Waals surface area contributed by atoms with Crippen molar-refractivity contribution < 1.29 is 9.84 Å². The number of nitrogens with zero attached hydrogens (tertiary/aromatic N) is 1. The summed E-state index contributed by atoms with van der Waals surface area (Å²) in [6.07, 6.45) is 2.23. The van der Waals surface area contributed by atoms with Crippen LogP contribution in [0, 0.1) is 6.92 Å². The van der Waals surface area contributed by atoms with Gasteiger partial charge in [-0.3, -0.25) is 0 Å². The SMILES string of the molecule is COCC(CCO)Nc1ncc(N)cc1C. The number of methoxy groups -OCH3 is 1. The van der Waals surface area contributed by atoms with Gasteiger partial charge >= 0.3 is 0 Å². The van der Waals surface area contributed by atoms with Crippen LogP contribution in [0.3, 0.4) is 0 Å². The van der Waals surface area contributed by atoms with Gasteiger partial charge in [0.25, 0.3) is 0 Å². The second-order valence-corrected chi connectivity index (χ2v) is 3.74. The molecule has 1 heterocycles. The second-order valence-electron chi connectivity index (χ2n) is 3.74. The number of ether oxygens (including phenoxy) is 1. The normalized spacial score (nSPS) is 12.4. The van der Waals surface area contributed by atoms with E-state index in [1.54, 1.807) is 13.3 Å². The molecule has 0 saturated carbocycles. The molecule has 1 unspecified atom stereocenters. The molecule has 90 valence electrons. The number of nitrogens with two attached hydrogens (primary N) is 1. The van der Waals surface area contributed by atoms with Crippen LogP contribution in [0.15, 0.2) is 12.3 Å². The summed E-state index contributed by atoms with van der Waals surface area (Å²) in [6.45, 7) is 2.59. The molecule has 0 aliphatic carbocycles. The predicted molar refractivity (Wildman–Crippen MR) is 64.4 cm³/mol. The fourth-order valence-electron chi connectivity index (χ4n) is 1.50. The number of anilines is 2. The molecule has 0 bridgehead atoms. The van der Waals surface area contributed by atoms with Crippen LogP contribution in [-0.2, 0) is 4.74 Å². The van der Waals surface area contributed by atoms with E-state index in [2.05, 4.69) is 10.3 Å². The number of aryl methyl sites for hydroxylation is 1. The van der Waals surface area contributed by atoms with Crippen LogP contribution in [0.4, 0.5) is 11.5 Å². The maximum absolute atomic E-state index is 8.92. The molecule has 0 spiro atoms. The number of aliphatic hydroxyl groups is 1. The van der Waals surface area contributed by atoms with Gasteiger partial charge in [0.15, 0.2) is 0 Å². The molecule has 0 aliphatic heterocycles. The first kappa shape index (κ1) is 12.7. The highest BCUT2D eigenvalue weighted by Gasteiger charge is 2.09. The lowest BCUT2D eigenvalue weighted by Gasteiger charge is -2.18. The Labute approximate surface area is 95.6 Å². The van der Waals surface area contributed by atoms with Crippen molar-refractivity contribution >= 4 is 11.5 Å². The second kappa shape index (κ2) is 6.30. The average molecular weight is 225 g/mol. The molecule has 0 radical (unpaired) electrons. The van der Waals surface area contributed by atoms with Crippen LogP contribution in [0.1, 0.15) is 12.0 Å². The van der Waals surface area contributed by atoms with Crippen molar-refractivity contribution in [2.24, 2.45) is 0 Å². The summed E-state index contributed by atoms with van der Waals surface area (Å²) in [4.78, 5) is 4.21. The Balaban J connectivity index is 2.68. The number of nitrogens with one attached hydrogen (secondary N) is 1. The molecule has 0 aliphatic rings. The highest BCUT2D eigenvalue weighted by Crippen LogP contribution is 2.15. The van der Waals surface area contributed by atoms with Gasteiger partial charge in [-0.15, -0.1) is 0 Å². The van der Waals surface area contributed by atoms with Gasteiger partial charge in [0.05, 0.1) is 24.5 Å². The molecule has 5 nitrogen and oxygen atoms in total. The molecule has 16 heavy (non-hydrogen) atoms. The van der Waals surface area contributed by atoms with Gasteiger partial charge in [-0.2, -0.15) is 0 Å². The smallest absolute Gasteiger partial charge is 0.129 e. The number of pyridine rings is 1. The summed E-state index contributed by atoms with van der Waals surface area (Å²) in [5.74, 6) is 0.782. The van der Waals surface area contributed by atoms with E-state index in [-0.39, 0.29) is 12.6 Å². The third-order valence-electron chi connectivity index (χ3n) is 2.29. The third-order valence-corrected chi connectivity index (χ3v) is 2.29. The standard InChI is InChI=1S/C11H19N3O2/c1-8-5-9(12)6-13-11(8)14-10(3-4-15)7-16-2/h5-6,10,15H,3-4,7,12H2,1-2H3,(H,13,14). The van der Waals surface area contributed by atoms with E-state index < -0.39 is 0 Å². The lowest BCUT2D eigenvalue weighted by atomic mass is 10.2. The molecule has 0 amide bonds. The summed E-state index contributed by atoms with van der Waals surface area (Å²) in [5.41, 5.74) is 7.25. The molecule has 4 N–H and O–H groups in total. The number of nitrogen functional groups attached to an aromatic ring is 1. The topological polar surface area (TPSA) is 80.4 Å². The Morgan fingerprint density at radius 3 is 2.94 bits per heavy atom. The Bertz CT molecular complexity index is 325. The molecule has 1 aromatic heterocycles. The average Bonchev–Trinajstić information content (AvgIpc) is 2.23. The van der Waals surface area contributed by atoms with Gasteiger partial charge in [-0.25, -0.2) is 4.98 Å². The van der Waals surface area contributed by atoms with E-state index in [1.807, 2.05) is 13.0 Å². The van der Waals surface area contributed by atoms with Crippen molar-refractivity contribution in [2.75, 3.05) is 31.4 Å². The van der Waals surface area contributed by atoms with E-state index in [0.29, 0.717) is 18.7 Å². The Morgan fingerprint density at radius 1 is 1.62 bits per heavy atom. The van der Waals surface area contributed by atoms with Crippen molar-refractivity contribution in [2.45, 2.75) is 19.4 Å². The number of aliphatic hydroxyl groups excluding tert-OH is 1. The van der Waals surface area contributed by atoms with Crippen molar-refractivity contribution in [1.29, 1.82) is 0 Å². The Kier molecular flexibility index (Phi) is 5.01. The third kappa shape index (κ3) is 3.67. The zero-order valence-electron chi connectivity index (χ0n) is 9.73. The van der Waals surface area contributed by atoms with Crippen molar-refractivity contribution in [1.82, 2.24) is 4.98 Å². The Morgan fingerprint density at radius 2 is 2.38 bits per heavy atom. The van der Waals surface area contributed by atoms with Gasteiger partial charge in [-0.05, 0) is 25.0 Å². The first-order valence-electron chi connectivity index (χ1n) is 5.25. The van der Waals surface area contributed by atoms with E-state index in [4.69, 9.17) is 15.6 Å². The minimum absolute atomic E-state index is 0.0600. The highest BCUT2D eigenvalue weighted by atomic mass is 16.5. The highest BCUT2D eigenvalue weighted by molar-refractivity contribution is 5.51. The monoisotopic (exact) mass is 225 g/mol. The van der Waals surface area contributed by atoms with Gasteiger partial charge in [0, 0.05) is 13.7 Å².